The maximum Gasteiger partial charge on any atom is 0.264 e. The molecular formula is C37H41Cl2N3O5S2. The Balaban J connectivity index is 1.84. The minimum atomic E-state index is -4.26. The van der Waals surface area contributed by atoms with Crippen LogP contribution in [0.4, 0.5) is 5.69 Å². The summed E-state index contributed by atoms with van der Waals surface area (Å²) in [4.78, 5) is 31.1. The Morgan fingerprint density at radius 1 is 0.918 bits per heavy atom. The van der Waals surface area contributed by atoms with E-state index >= 15 is 0 Å². The Labute approximate surface area is 303 Å². The molecule has 260 valence electrons. The van der Waals surface area contributed by atoms with Crippen LogP contribution in [-0.2, 0) is 32.6 Å². The second-order valence-electron chi connectivity index (χ2n) is 12.3. The minimum absolute atomic E-state index is 0.0191. The first-order chi connectivity index (χ1) is 23.2. The van der Waals surface area contributed by atoms with Crippen molar-refractivity contribution in [3.05, 3.63) is 118 Å². The van der Waals surface area contributed by atoms with Crippen LogP contribution in [0.5, 0.6) is 5.75 Å². The summed E-state index contributed by atoms with van der Waals surface area (Å²) in [6, 6.07) is 26.2. The minimum Gasteiger partial charge on any atom is -0.494 e. The van der Waals surface area contributed by atoms with Crippen molar-refractivity contribution in [2.24, 2.45) is 0 Å². The van der Waals surface area contributed by atoms with Gasteiger partial charge in [-0.05, 0) is 106 Å². The smallest absolute Gasteiger partial charge is 0.264 e. The first-order valence-electron chi connectivity index (χ1n) is 15.7. The van der Waals surface area contributed by atoms with E-state index in [0.29, 0.717) is 28.0 Å². The van der Waals surface area contributed by atoms with Crippen LogP contribution in [0.25, 0.3) is 0 Å². The molecule has 2 amide bonds. The highest BCUT2D eigenvalue weighted by molar-refractivity contribution is 7.98. The molecule has 0 saturated heterocycles. The number of hydrogen-bond donors (Lipinski definition) is 1. The lowest BCUT2D eigenvalue weighted by Crippen LogP contribution is -2.56. The van der Waals surface area contributed by atoms with Gasteiger partial charge < -0.3 is 15.0 Å². The standard InChI is InChI=1S/C37H41Cl2N3O5S2/c1-6-47-30-16-14-29(15-17-30)42(49(45,46)32-20-18-31(48-5)19-21-32)25-35(43)41(24-27-12-13-28(38)23-33(27)39)34(36(44)40-37(2,3)4)22-26-10-8-7-9-11-26/h7-21,23,34H,6,22,24-25H2,1-5H3,(H,40,44). The molecule has 12 heteroatoms. The van der Waals surface area contributed by atoms with E-state index in [4.69, 9.17) is 27.9 Å². The largest absolute Gasteiger partial charge is 0.494 e. The monoisotopic (exact) mass is 741 g/mol. The number of rotatable bonds is 14. The van der Waals surface area contributed by atoms with Gasteiger partial charge >= 0.3 is 0 Å². The number of halogens is 2. The summed E-state index contributed by atoms with van der Waals surface area (Å²) in [7, 11) is -4.26. The predicted octanol–water partition coefficient (Wildman–Crippen LogP) is 7.86. The molecule has 0 radical (unpaired) electrons. The maximum atomic E-state index is 14.7. The van der Waals surface area contributed by atoms with Crippen LogP contribution in [0.2, 0.25) is 10.0 Å². The fraction of sp³-hybridized carbons (Fsp3) is 0.297. The van der Waals surface area contributed by atoms with Crippen molar-refractivity contribution < 1.29 is 22.7 Å². The van der Waals surface area contributed by atoms with E-state index in [-0.39, 0.29) is 23.5 Å². The highest BCUT2D eigenvalue weighted by Crippen LogP contribution is 2.29. The molecule has 0 aromatic heterocycles. The second-order valence-corrected chi connectivity index (χ2v) is 15.9. The quantitative estimate of drug-likeness (QED) is 0.132. The predicted molar refractivity (Wildman–Crippen MR) is 199 cm³/mol. The third-order valence-electron chi connectivity index (χ3n) is 7.49. The van der Waals surface area contributed by atoms with Gasteiger partial charge in [0.15, 0.2) is 0 Å². The molecule has 0 heterocycles. The molecule has 0 aliphatic rings. The van der Waals surface area contributed by atoms with Gasteiger partial charge in [-0.25, -0.2) is 8.42 Å². The molecule has 4 rings (SSSR count). The van der Waals surface area contributed by atoms with Gasteiger partial charge in [0, 0.05) is 33.4 Å². The number of thioether (sulfide) groups is 1. The third kappa shape index (κ3) is 10.4. The number of sulfonamides is 1. The van der Waals surface area contributed by atoms with Crippen molar-refractivity contribution >= 4 is 62.5 Å². The SMILES string of the molecule is CCOc1ccc(N(CC(=O)N(Cc2ccc(Cl)cc2Cl)C(Cc2ccccc2)C(=O)NC(C)(C)C)S(=O)(=O)c2ccc(SC)cc2)cc1. The Hall–Kier alpha value is -3.70. The van der Waals surface area contributed by atoms with Gasteiger partial charge in [-0.2, -0.15) is 0 Å². The van der Waals surface area contributed by atoms with Crippen LogP contribution in [0, 0.1) is 0 Å². The van der Waals surface area contributed by atoms with Gasteiger partial charge in [0.25, 0.3) is 10.0 Å². The van der Waals surface area contributed by atoms with E-state index in [2.05, 4.69) is 5.32 Å². The average molecular weight is 743 g/mol. The zero-order valence-electron chi connectivity index (χ0n) is 28.2. The van der Waals surface area contributed by atoms with Crippen LogP contribution < -0.4 is 14.4 Å². The van der Waals surface area contributed by atoms with Crippen LogP contribution in [0.15, 0.2) is 107 Å². The normalized spacial score (nSPS) is 12.2. The molecule has 4 aromatic carbocycles. The first kappa shape index (κ1) is 38.1. The summed E-state index contributed by atoms with van der Waals surface area (Å²) in [5, 5.41) is 3.74. The lowest BCUT2D eigenvalue weighted by molar-refractivity contribution is -0.140. The fourth-order valence-corrected chi connectivity index (χ4v) is 7.41. The van der Waals surface area contributed by atoms with E-state index in [1.54, 1.807) is 54.6 Å². The van der Waals surface area contributed by atoms with Gasteiger partial charge in [-0.15, -0.1) is 11.8 Å². The molecule has 1 unspecified atom stereocenters. The Morgan fingerprint density at radius 3 is 2.14 bits per heavy atom. The number of nitrogens with zero attached hydrogens (tertiary/aromatic N) is 2. The molecule has 4 aromatic rings. The zero-order chi connectivity index (χ0) is 35.8. The number of ether oxygens (including phenoxy) is 1. The molecule has 0 saturated carbocycles. The van der Waals surface area contributed by atoms with E-state index in [1.165, 1.54) is 28.8 Å². The summed E-state index contributed by atoms with van der Waals surface area (Å²) in [6.45, 7) is 7.18. The lowest BCUT2D eigenvalue weighted by atomic mass is 10.0. The maximum absolute atomic E-state index is 14.7. The molecule has 0 aliphatic carbocycles. The highest BCUT2D eigenvalue weighted by Gasteiger charge is 2.36. The highest BCUT2D eigenvalue weighted by atomic mass is 35.5. The molecule has 8 nitrogen and oxygen atoms in total. The van der Waals surface area contributed by atoms with Gasteiger partial charge in [0.2, 0.25) is 11.8 Å². The van der Waals surface area contributed by atoms with Crippen LogP contribution in [0.1, 0.15) is 38.8 Å². The van der Waals surface area contributed by atoms with Crippen LogP contribution >= 0.6 is 35.0 Å². The fourth-order valence-electron chi connectivity index (χ4n) is 5.12. The van der Waals surface area contributed by atoms with Crippen molar-refractivity contribution in [3.8, 4) is 5.75 Å². The van der Waals surface area contributed by atoms with Crippen LogP contribution in [0.3, 0.4) is 0 Å². The number of carbonyl (C=O) groups is 2. The molecule has 0 aliphatic heterocycles. The summed E-state index contributed by atoms with van der Waals surface area (Å²) >= 11 is 14.3. The molecule has 0 spiro atoms. The van der Waals surface area contributed by atoms with Gasteiger partial charge in [-0.3, -0.25) is 13.9 Å². The number of benzene rings is 4. The molecule has 0 fully saturated rings. The Kier molecular flexibility index (Phi) is 13.1. The number of anilines is 1. The zero-order valence-corrected chi connectivity index (χ0v) is 31.3. The molecule has 49 heavy (non-hydrogen) atoms. The van der Waals surface area contributed by atoms with Gasteiger partial charge in [0.05, 0.1) is 17.2 Å². The summed E-state index contributed by atoms with van der Waals surface area (Å²) in [6.07, 6.45) is 2.07. The van der Waals surface area contributed by atoms with E-state index < -0.39 is 40.0 Å². The lowest BCUT2D eigenvalue weighted by Gasteiger charge is -2.35. The molecular weight excluding hydrogens is 701 g/mol. The molecule has 1 N–H and O–H groups in total. The first-order valence-corrected chi connectivity index (χ1v) is 19.1. The van der Waals surface area contributed by atoms with E-state index in [0.717, 1.165) is 14.8 Å². The van der Waals surface area contributed by atoms with Gasteiger partial charge in [0.1, 0.15) is 18.3 Å². The van der Waals surface area contributed by atoms with Crippen molar-refractivity contribution in [3.63, 3.8) is 0 Å². The number of hydrogen-bond acceptors (Lipinski definition) is 6. The van der Waals surface area contributed by atoms with Gasteiger partial charge in [-0.1, -0.05) is 59.6 Å². The van der Waals surface area contributed by atoms with Crippen molar-refractivity contribution in [1.82, 2.24) is 10.2 Å². The summed E-state index contributed by atoms with van der Waals surface area (Å²) < 4.78 is 35.3. The van der Waals surface area contributed by atoms with E-state index in [1.807, 2.05) is 64.3 Å². The number of amides is 2. The molecule has 1 atom stereocenters. The Bertz CT molecular complexity index is 1830. The molecule has 0 bridgehead atoms. The summed E-state index contributed by atoms with van der Waals surface area (Å²) in [5.41, 5.74) is 1.01. The summed E-state index contributed by atoms with van der Waals surface area (Å²) in [5.74, 6) is -0.438. The van der Waals surface area contributed by atoms with Crippen molar-refractivity contribution in [2.45, 2.75) is 62.0 Å². The topological polar surface area (TPSA) is 96.0 Å². The average Bonchev–Trinajstić information content (AvgIpc) is 3.06. The van der Waals surface area contributed by atoms with Crippen molar-refractivity contribution in [1.29, 1.82) is 0 Å². The van der Waals surface area contributed by atoms with E-state index in [9.17, 15) is 18.0 Å². The second kappa shape index (κ2) is 16.8. The third-order valence-corrected chi connectivity index (χ3v) is 10.6. The van der Waals surface area contributed by atoms with Crippen LogP contribution in [-0.4, -0.2) is 56.1 Å². The van der Waals surface area contributed by atoms with Crippen molar-refractivity contribution in [2.75, 3.05) is 23.7 Å². The number of nitrogens with one attached hydrogen (secondary N) is 1. The Morgan fingerprint density at radius 2 is 1.57 bits per heavy atom. The number of carbonyl (C=O) groups excluding carboxylic acids is 2.